The predicted molar refractivity (Wildman–Crippen MR) is 127 cm³/mol. The van der Waals surface area contributed by atoms with Gasteiger partial charge in [0, 0.05) is 44.6 Å². The van der Waals surface area contributed by atoms with Crippen LogP contribution in [-0.4, -0.2) is 55.9 Å². The van der Waals surface area contributed by atoms with Crippen LogP contribution in [0.5, 0.6) is 11.5 Å². The van der Waals surface area contributed by atoms with Crippen LogP contribution >= 0.6 is 0 Å². The van der Waals surface area contributed by atoms with Crippen molar-refractivity contribution < 1.29 is 19.0 Å². The lowest BCUT2D eigenvalue weighted by Crippen LogP contribution is -2.50. The minimum absolute atomic E-state index is 0.116. The minimum atomic E-state index is -0.632. The summed E-state index contributed by atoms with van der Waals surface area (Å²) in [5.74, 6) is 1.81. The number of methoxy groups -OCH3 is 1. The van der Waals surface area contributed by atoms with Gasteiger partial charge in [-0.1, -0.05) is 24.3 Å². The van der Waals surface area contributed by atoms with Gasteiger partial charge in [-0.3, -0.25) is 9.79 Å². The lowest BCUT2D eigenvalue weighted by atomic mass is 9.98. The number of hydrogen-bond donors (Lipinski definition) is 0. The molecule has 3 heterocycles. The maximum Gasteiger partial charge on any atom is 0.254 e. The second-order valence-electron chi connectivity index (χ2n) is 9.28. The Labute approximate surface area is 194 Å². The molecular weight excluding hydrogens is 416 g/mol. The second kappa shape index (κ2) is 9.18. The molecule has 0 bridgehead atoms. The smallest absolute Gasteiger partial charge is 0.254 e. The fourth-order valence-electron chi connectivity index (χ4n) is 5.11. The molecule has 0 aromatic heterocycles. The topological polar surface area (TPSA) is 60.4 Å². The molecule has 33 heavy (non-hydrogen) atoms. The third kappa shape index (κ3) is 4.36. The Morgan fingerprint density at radius 3 is 2.64 bits per heavy atom. The molecule has 3 aliphatic rings. The zero-order valence-electron chi connectivity index (χ0n) is 19.5. The molecule has 2 aromatic carbocycles. The number of amides is 1. The Morgan fingerprint density at radius 2 is 1.94 bits per heavy atom. The average molecular weight is 449 g/mol. The Morgan fingerprint density at radius 1 is 1.15 bits per heavy atom. The van der Waals surface area contributed by atoms with Crippen molar-refractivity contribution in [1.82, 2.24) is 4.90 Å². The van der Waals surface area contributed by atoms with Crippen molar-refractivity contribution in [3.05, 3.63) is 47.0 Å². The molecule has 0 N–H and O–H groups in total. The van der Waals surface area contributed by atoms with E-state index in [2.05, 4.69) is 35.3 Å². The monoisotopic (exact) mass is 448 g/mol. The molecule has 6 heteroatoms. The fraction of sp³-hybridized carbons (Fsp3) is 0.481. The third-order valence-corrected chi connectivity index (χ3v) is 7.00. The predicted octanol–water partition coefficient (Wildman–Crippen LogP) is 3.10. The van der Waals surface area contributed by atoms with Crippen LogP contribution in [0, 0.1) is 0 Å². The van der Waals surface area contributed by atoms with Gasteiger partial charge in [0.05, 0.1) is 7.11 Å². The number of rotatable bonds is 5. The van der Waals surface area contributed by atoms with Crippen molar-refractivity contribution in [2.75, 3.05) is 33.4 Å². The van der Waals surface area contributed by atoms with E-state index in [4.69, 9.17) is 14.2 Å². The van der Waals surface area contributed by atoms with Crippen LogP contribution in [0.4, 0.5) is 0 Å². The first-order valence-corrected chi connectivity index (χ1v) is 12.0. The number of nitrogens with zero attached hydrogens (tertiary/aromatic N) is 2. The van der Waals surface area contributed by atoms with E-state index in [0.29, 0.717) is 19.7 Å². The number of fused-ring (bicyclic) bond motifs is 1. The van der Waals surface area contributed by atoms with Crippen LogP contribution in [-0.2, 0) is 9.53 Å². The normalized spacial score (nSPS) is 22.8. The molecule has 1 amide bonds. The number of likely N-dealkylation sites (tertiary alicyclic amines) is 1. The van der Waals surface area contributed by atoms with Crippen molar-refractivity contribution >= 4 is 12.0 Å². The number of benzene rings is 2. The molecule has 0 aliphatic carbocycles. The number of piperidine rings is 1. The maximum absolute atomic E-state index is 12.8. The molecule has 2 fully saturated rings. The van der Waals surface area contributed by atoms with Crippen molar-refractivity contribution in [3.63, 3.8) is 0 Å². The summed E-state index contributed by atoms with van der Waals surface area (Å²) >= 11 is 0. The summed E-state index contributed by atoms with van der Waals surface area (Å²) in [7, 11) is 1.71. The van der Waals surface area contributed by atoms with Gasteiger partial charge in [0.15, 0.2) is 5.75 Å². The fourth-order valence-corrected chi connectivity index (χ4v) is 5.11. The molecule has 2 saturated heterocycles. The van der Waals surface area contributed by atoms with E-state index in [9.17, 15) is 4.79 Å². The molecule has 0 spiro atoms. The van der Waals surface area contributed by atoms with Gasteiger partial charge < -0.3 is 19.1 Å². The first-order valence-electron chi connectivity index (χ1n) is 12.0. The molecule has 1 unspecified atom stereocenters. The van der Waals surface area contributed by atoms with Crippen molar-refractivity contribution in [2.45, 2.75) is 50.7 Å². The largest absolute Gasteiger partial charge is 0.494 e. The van der Waals surface area contributed by atoms with Gasteiger partial charge in [0.25, 0.3) is 5.91 Å². The van der Waals surface area contributed by atoms with Gasteiger partial charge in [-0.2, -0.15) is 0 Å². The molecule has 174 valence electrons. The van der Waals surface area contributed by atoms with Gasteiger partial charge in [-0.25, -0.2) is 0 Å². The Hall–Kier alpha value is -2.86. The van der Waals surface area contributed by atoms with Crippen molar-refractivity contribution in [2.24, 2.45) is 4.99 Å². The molecule has 6 nitrogen and oxygen atoms in total. The zero-order valence-corrected chi connectivity index (χ0v) is 19.5. The van der Waals surface area contributed by atoms with Gasteiger partial charge in [0.1, 0.15) is 22.8 Å². The number of hydrogen-bond acceptors (Lipinski definition) is 5. The highest BCUT2D eigenvalue weighted by Gasteiger charge is 2.41. The summed E-state index contributed by atoms with van der Waals surface area (Å²) in [5, 5.41) is 2.08. The van der Waals surface area contributed by atoms with Crippen LogP contribution < -0.4 is 20.0 Å². The van der Waals surface area contributed by atoms with E-state index >= 15 is 0 Å². The summed E-state index contributed by atoms with van der Waals surface area (Å²) < 4.78 is 17.7. The molecule has 3 aliphatic heterocycles. The van der Waals surface area contributed by atoms with Gasteiger partial charge in [0.2, 0.25) is 0 Å². The van der Waals surface area contributed by atoms with Gasteiger partial charge in [-0.15, -0.1) is 0 Å². The Bertz CT molecular complexity index is 1130. The molecular formula is C27H32N2O4. The van der Waals surface area contributed by atoms with Crippen LogP contribution in [0.2, 0.25) is 0 Å². The quantitative estimate of drug-likeness (QED) is 0.705. The highest BCUT2D eigenvalue weighted by atomic mass is 16.5. The van der Waals surface area contributed by atoms with Gasteiger partial charge >= 0.3 is 0 Å². The number of ether oxygens (including phenoxy) is 3. The van der Waals surface area contributed by atoms with E-state index in [-0.39, 0.29) is 12.0 Å². The van der Waals surface area contributed by atoms with E-state index in [1.165, 1.54) is 0 Å². The lowest BCUT2D eigenvalue weighted by molar-refractivity contribution is -0.152. The van der Waals surface area contributed by atoms with E-state index in [1.54, 1.807) is 7.11 Å². The van der Waals surface area contributed by atoms with Crippen molar-refractivity contribution in [1.29, 1.82) is 0 Å². The van der Waals surface area contributed by atoms with Crippen LogP contribution in [0.3, 0.4) is 0 Å². The maximum atomic E-state index is 12.8. The van der Waals surface area contributed by atoms with E-state index < -0.39 is 5.60 Å². The summed E-state index contributed by atoms with van der Waals surface area (Å²) in [6.45, 7) is 4.84. The highest BCUT2D eigenvalue weighted by molar-refractivity contribution is 5.85. The molecule has 5 rings (SSSR count). The molecule has 1 atom stereocenters. The van der Waals surface area contributed by atoms with Crippen LogP contribution in [0.15, 0.2) is 41.4 Å². The lowest BCUT2D eigenvalue weighted by Gasteiger charge is -2.36. The number of carbonyl (C=O) groups excluding carboxylic acids is 1. The van der Waals surface area contributed by atoms with E-state index in [1.807, 2.05) is 24.0 Å². The number of carbonyl (C=O) groups is 1. The summed E-state index contributed by atoms with van der Waals surface area (Å²) in [6, 6.07) is 12.4. The molecule has 2 aromatic rings. The van der Waals surface area contributed by atoms with Crippen LogP contribution in [0.1, 0.15) is 39.0 Å². The standard InChI is InChI=1S/C27H32N2O4/c1-27(14-4-18-32-27)26(30)29-16-12-22(13-17-29)33-21-9-6-19(7-10-21)23-11-8-20-5-3-15-28-24(20)25(23)31-2/h5-11,22H,3-4,12-18H2,1-2H3. The Kier molecular flexibility index (Phi) is 6.11. The first-order chi connectivity index (χ1) is 16.1. The average Bonchev–Trinajstić information content (AvgIpc) is 3.31. The van der Waals surface area contributed by atoms with Crippen LogP contribution in [0.25, 0.3) is 17.2 Å². The zero-order chi connectivity index (χ0) is 22.8. The highest BCUT2D eigenvalue weighted by Crippen LogP contribution is 2.31. The first kappa shape index (κ1) is 22.0. The SMILES string of the molecule is COc1c(-c2ccc(OC3CCN(C(=O)C4(C)CCCO4)CC3)cc2)ccc2c1=NCCC=2. The second-order valence-corrected chi connectivity index (χ2v) is 9.28. The summed E-state index contributed by atoms with van der Waals surface area (Å²) in [4.78, 5) is 19.5. The molecule has 0 radical (unpaired) electrons. The van der Waals surface area contributed by atoms with Gasteiger partial charge in [-0.05, 0) is 55.2 Å². The minimum Gasteiger partial charge on any atom is -0.494 e. The Balaban J connectivity index is 1.23. The summed E-state index contributed by atoms with van der Waals surface area (Å²) in [6.07, 6.45) is 6.75. The van der Waals surface area contributed by atoms with Crippen molar-refractivity contribution in [3.8, 4) is 22.6 Å². The third-order valence-electron chi connectivity index (χ3n) is 7.00. The van der Waals surface area contributed by atoms with E-state index in [0.717, 1.165) is 71.9 Å². The summed E-state index contributed by atoms with van der Waals surface area (Å²) in [5.41, 5.74) is 1.48. The molecule has 0 saturated carbocycles.